The highest BCUT2D eigenvalue weighted by atomic mass is 16.5. The molecule has 20 heavy (non-hydrogen) atoms. The predicted octanol–water partition coefficient (Wildman–Crippen LogP) is 1.36. The number of likely N-dealkylation sites (tertiary alicyclic amines) is 1. The molecular formula is C14H23N3O3. The zero-order valence-electron chi connectivity index (χ0n) is 12.4. The molecule has 0 saturated carbocycles. The van der Waals surface area contributed by atoms with Crippen LogP contribution in [0.4, 0.5) is 0 Å². The Morgan fingerprint density at radius 1 is 1.55 bits per heavy atom. The summed E-state index contributed by atoms with van der Waals surface area (Å²) in [7, 11) is 1.94. The lowest BCUT2D eigenvalue weighted by molar-refractivity contribution is -0.145. The van der Waals surface area contributed by atoms with Crippen molar-refractivity contribution in [2.75, 3.05) is 19.7 Å². The number of ether oxygens (including phenoxy) is 1. The molecule has 2 rings (SSSR count). The van der Waals surface area contributed by atoms with Crippen molar-refractivity contribution in [1.82, 2.24) is 14.7 Å². The van der Waals surface area contributed by atoms with Crippen molar-refractivity contribution in [2.45, 2.75) is 38.8 Å². The Kier molecular flexibility index (Phi) is 4.77. The van der Waals surface area contributed by atoms with Crippen LogP contribution in [0.15, 0.2) is 6.20 Å². The van der Waals surface area contributed by atoms with E-state index in [2.05, 4.69) is 23.1 Å². The second kappa shape index (κ2) is 6.37. The molecule has 1 atom stereocenters. The number of carboxylic acids is 1. The molecule has 1 aromatic rings. The third-order valence-electron chi connectivity index (χ3n) is 3.97. The molecule has 1 N–H and O–H groups in total. The van der Waals surface area contributed by atoms with Crippen molar-refractivity contribution in [3.05, 3.63) is 17.5 Å². The smallest absolute Gasteiger partial charge is 0.329 e. The lowest BCUT2D eigenvalue weighted by atomic mass is 10.0. The highest BCUT2D eigenvalue weighted by molar-refractivity contribution is 5.68. The Labute approximate surface area is 119 Å². The lowest BCUT2D eigenvalue weighted by Crippen LogP contribution is -2.39. The first-order valence-corrected chi connectivity index (χ1v) is 7.05. The van der Waals surface area contributed by atoms with Crippen LogP contribution in [0.2, 0.25) is 0 Å². The van der Waals surface area contributed by atoms with E-state index in [1.54, 1.807) is 0 Å². The van der Waals surface area contributed by atoms with E-state index in [1.165, 1.54) is 5.56 Å². The van der Waals surface area contributed by atoms with Crippen molar-refractivity contribution in [1.29, 1.82) is 0 Å². The Morgan fingerprint density at radius 3 is 2.70 bits per heavy atom. The molecule has 1 fully saturated rings. The van der Waals surface area contributed by atoms with E-state index in [0.29, 0.717) is 6.04 Å². The number of nitrogens with zero attached hydrogens (tertiary/aromatic N) is 3. The summed E-state index contributed by atoms with van der Waals surface area (Å²) < 4.78 is 7.21. The number of aromatic nitrogens is 2. The van der Waals surface area contributed by atoms with Crippen LogP contribution in [0.3, 0.4) is 0 Å². The first-order chi connectivity index (χ1) is 9.47. The number of hydrogen-bond donors (Lipinski definition) is 1. The van der Waals surface area contributed by atoms with E-state index < -0.39 is 5.97 Å². The number of aliphatic carboxylic acids is 1. The van der Waals surface area contributed by atoms with E-state index in [1.807, 2.05) is 18.7 Å². The minimum atomic E-state index is -0.896. The van der Waals surface area contributed by atoms with Gasteiger partial charge in [0.2, 0.25) is 0 Å². The van der Waals surface area contributed by atoms with E-state index in [-0.39, 0.29) is 12.7 Å². The number of carboxylic acid groups (broad SMARTS) is 1. The van der Waals surface area contributed by atoms with Crippen molar-refractivity contribution in [3.8, 4) is 0 Å². The summed E-state index contributed by atoms with van der Waals surface area (Å²) in [5.74, 6) is -0.896. The van der Waals surface area contributed by atoms with Crippen LogP contribution in [0.1, 0.15) is 37.1 Å². The van der Waals surface area contributed by atoms with Gasteiger partial charge in [0.1, 0.15) is 6.61 Å². The van der Waals surface area contributed by atoms with Gasteiger partial charge in [0.25, 0.3) is 0 Å². The number of carbonyl (C=O) groups is 1. The summed E-state index contributed by atoms with van der Waals surface area (Å²) in [4.78, 5) is 12.9. The monoisotopic (exact) mass is 281 g/mol. The molecule has 0 aliphatic carbocycles. The maximum atomic E-state index is 10.5. The normalized spacial score (nSPS) is 19.1. The summed E-state index contributed by atoms with van der Waals surface area (Å²) >= 11 is 0. The average Bonchev–Trinajstić information content (AvgIpc) is 2.75. The van der Waals surface area contributed by atoms with Gasteiger partial charge in [0.15, 0.2) is 0 Å². The van der Waals surface area contributed by atoms with Crippen molar-refractivity contribution >= 4 is 5.97 Å². The third kappa shape index (κ3) is 3.58. The van der Waals surface area contributed by atoms with E-state index >= 15 is 0 Å². The molecular weight excluding hydrogens is 258 g/mol. The molecule has 1 saturated heterocycles. The van der Waals surface area contributed by atoms with Crippen LogP contribution in [0, 0.1) is 6.92 Å². The van der Waals surface area contributed by atoms with Crippen LogP contribution in [-0.2, 0) is 16.6 Å². The van der Waals surface area contributed by atoms with Gasteiger partial charge in [-0.2, -0.15) is 5.10 Å². The molecule has 0 bridgehead atoms. The molecule has 1 aromatic heterocycles. The van der Waals surface area contributed by atoms with Crippen LogP contribution < -0.4 is 0 Å². The Hall–Kier alpha value is -1.40. The largest absolute Gasteiger partial charge is 0.480 e. The van der Waals surface area contributed by atoms with Gasteiger partial charge in [0.05, 0.1) is 11.8 Å². The molecule has 0 amide bonds. The minimum Gasteiger partial charge on any atom is -0.480 e. The summed E-state index contributed by atoms with van der Waals surface area (Å²) in [6, 6.07) is 0.337. The van der Waals surface area contributed by atoms with Crippen molar-refractivity contribution < 1.29 is 14.6 Å². The third-order valence-corrected chi connectivity index (χ3v) is 3.97. The molecule has 6 heteroatoms. The van der Waals surface area contributed by atoms with Crippen LogP contribution >= 0.6 is 0 Å². The molecule has 2 heterocycles. The molecule has 112 valence electrons. The summed E-state index contributed by atoms with van der Waals surface area (Å²) in [5, 5.41) is 13.0. The van der Waals surface area contributed by atoms with Gasteiger partial charge < -0.3 is 9.84 Å². The van der Waals surface area contributed by atoms with Gasteiger partial charge in [-0.15, -0.1) is 0 Å². The first kappa shape index (κ1) is 15.0. The van der Waals surface area contributed by atoms with Gasteiger partial charge in [-0.3, -0.25) is 9.58 Å². The molecule has 1 aliphatic rings. The maximum Gasteiger partial charge on any atom is 0.329 e. The quantitative estimate of drug-likeness (QED) is 0.882. The highest BCUT2D eigenvalue weighted by Gasteiger charge is 2.25. The second-order valence-corrected chi connectivity index (χ2v) is 5.46. The minimum absolute atomic E-state index is 0.0737. The molecule has 0 radical (unpaired) electrons. The summed E-state index contributed by atoms with van der Waals surface area (Å²) in [6.07, 6.45) is 3.92. The van der Waals surface area contributed by atoms with Crippen LogP contribution in [-0.4, -0.2) is 51.6 Å². The zero-order valence-corrected chi connectivity index (χ0v) is 12.4. The van der Waals surface area contributed by atoms with Crippen LogP contribution in [0.25, 0.3) is 0 Å². The SMILES string of the molecule is Cc1nn(C)cc1C(C)N1CCC(OCC(=O)O)CC1. The van der Waals surface area contributed by atoms with Gasteiger partial charge in [-0.1, -0.05) is 0 Å². The highest BCUT2D eigenvalue weighted by Crippen LogP contribution is 2.26. The molecule has 0 spiro atoms. The van der Waals surface area contributed by atoms with Gasteiger partial charge in [-0.05, 0) is 26.7 Å². The fourth-order valence-corrected chi connectivity index (χ4v) is 2.84. The fourth-order valence-electron chi connectivity index (χ4n) is 2.84. The topological polar surface area (TPSA) is 67.6 Å². The standard InChI is InChI=1S/C14H23N3O3/c1-10-13(8-16(3)15-10)11(2)17-6-4-12(5-7-17)20-9-14(18)19/h8,11-12H,4-7,9H2,1-3H3,(H,18,19). The van der Waals surface area contributed by atoms with Crippen molar-refractivity contribution in [3.63, 3.8) is 0 Å². The number of hydrogen-bond acceptors (Lipinski definition) is 4. The predicted molar refractivity (Wildman–Crippen MR) is 74.5 cm³/mol. The maximum absolute atomic E-state index is 10.5. The Morgan fingerprint density at radius 2 is 2.20 bits per heavy atom. The lowest BCUT2D eigenvalue weighted by Gasteiger charge is -2.35. The van der Waals surface area contributed by atoms with E-state index in [9.17, 15) is 4.79 Å². The molecule has 1 unspecified atom stereocenters. The van der Waals surface area contributed by atoms with Gasteiger partial charge in [0, 0.05) is 37.9 Å². The summed E-state index contributed by atoms with van der Waals surface area (Å²) in [5.41, 5.74) is 2.33. The van der Waals surface area contributed by atoms with Crippen molar-refractivity contribution in [2.24, 2.45) is 7.05 Å². The molecule has 0 aromatic carbocycles. The number of piperidine rings is 1. The Bertz CT molecular complexity index is 464. The number of rotatable bonds is 5. The second-order valence-electron chi connectivity index (χ2n) is 5.46. The van der Waals surface area contributed by atoms with E-state index in [4.69, 9.17) is 9.84 Å². The summed E-state index contributed by atoms with van der Waals surface area (Å²) in [6.45, 7) is 5.90. The first-order valence-electron chi connectivity index (χ1n) is 7.05. The molecule has 1 aliphatic heterocycles. The zero-order chi connectivity index (χ0) is 14.7. The van der Waals surface area contributed by atoms with Gasteiger partial charge >= 0.3 is 5.97 Å². The fraction of sp³-hybridized carbons (Fsp3) is 0.714. The van der Waals surface area contributed by atoms with Crippen LogP contribution in [0.5, 0.6) is 0 Å². The average molecular weight is 281 g/mol. The number of aryl methyl sites for hydroxylation is 2. The van der Waals surface area contributed by atoms with Gasteiger partial charge in [-0.25, -0.2) is 4.79 Å². The Balaban J connectivity index is 1.87. The molecule has 6 nitrogen and oxygen atoms in total. The van der Waals surface area contributed by atoms with E-state index in [0.717, 1.165) is 31.6 Å².